The maximum Gasteiger partial charge on any atom is 0.337 e. The van der Waals surface area contributed by atoms with Gasteiger partial charge in [0.25, 0.3) is 0 Å². The number of tetrazole rings is 1. The van der Waals surface area contributed by atoms with E-state index in [2.05, 4.69) is 33.0 Å². The fraction of sp³-hybridized carbons (Fsp3) is 0. The largest absolute Gasteiger partial charge is 0.478 e. The first-order valence-electron chi connectivity index (χ1n) is 8.92. The predicted molar refractivity (Wildman–Crippen MR) is 111 cm³/mol. The molecule has 4 aromatic rings. The number of carboxylic acid groups (broad SMARTS) is 1. The van der Waals surface area contributed by atoms with Crippen molar-refractivity contribution in [2.75, 3.05) is 5.32 Å². The highest BCUT2D eigenvalue weighted by Gasteiger charge is 2.08. The Balaban J connectivity index is 1.53. The molecule has 0 spiro atoms. The van der Waals surface area contributed by atoms with Crippen molar-refractivity contribution >= 4 is 17.7 Å². The Bertz CT molecular complexity index is 1150. The first-order chi connectivity index (χ1) is 14.2. The maximum atomic E-state index is 11.3. The SMILES string of the molecule is O=C(O)c1ccccc1NC=Cc1nnnn1-c1ccc(-c2ccccc2)cc1. The van der Waals surface area contributed by atoms with E-state index in [0.717, 1.165) is 16.8 Å². The standard InChI is InChI=1S/C22H17N5O2/c28-22(29)19-8-4-5-9-20(19)23-15-14-21-24-25-26-27(21)18-12-10-17(11-13-18)16-6-2-1-3-7-16/h1-15,23H,(H,28,29). The van der Waals surface area contributed by atoms with Crippen LogP contribution in [0.4, 0.5) is 5.69 Å². The quantitative estimate of drug-likeness (QED) is 0.520. The molecule has 142 valence electrons. The monoisotopic (exact) mass is 383 g/mol. The minimum Gasteiger partial charge on any atom is -0.478 e. The van der Waals surface area contributed by atoms with Crippen molar-refractivity contribution in [3.63, 3.8) is 0 Å². The van der Waals surface area contributed by atoms with Crippen molar-refractivity contribution in [1.82, 2.24) is 20.2 Å². The second-order valence-electron chi connectivity index (χ2n) is 6.19. The molecular formula is C22H17N5O2. The van der Waals surface area contributed by atoms with Gasteiger partial charge in [0.2, 0.25) is 0 Å². The lowest BCUT2D eigenvalue weighted by Gasteiger charge is -2.06. The van der Waals surface area contributed by atoms with Crippen LogP contribution in [0.15, 0.2) is 85.1 Å². The Labute approximate surface area is 166 Å². The summed E-state index contributed by atoms with van der Waals surface area (Å²) in [7, 11) is 0. The zero-order valence-electron chi connectivity index (χ0n) is 15.3. The summed E-state index contributed by atoms with van der Waals surface area (Å²) < 4.78 is 1.61. The number of anilines is 1. The predicted octanol–water partition coefficient (Wildman–Crippen LogP) is 4.11. The number of hydrogen-bond acceptors (Lipinski definition) is 5. The van der Waals surface area contributed by atoms with E-state index in [4.69, 9.17) is 0 Å². The van der Waals surface area contributed by atoms with E-state index in [-0.39, 0.29) is 5.56 Å². The van der Waals surface area contributed by atoms with E-state index in [1.54, 1.807) is 35.2 Å². The Morgan fingerprint density at radius 3 is 2.34 bits per heavy atom. The fourth-order valence-electron chi connectivity index (χ4n) is 2.91. The number of carbonyl (C=O) groups is 1. The highest BCUT2D eigenvalue weighted by molar-refractivity contribution is 5.94. The van der Waals surface area contributed by atoms with Crippen molar-refractivity contribution in [3.8, 4) is 16.8 Å². The molecule has 0 aliphatic rings. The van der Waals surface area contributed by atoms with Crippen molar-refractivity contribution < 1.29 is 9.90 Å². The summed E-state index contributed by atoms with van der Waals surface area (Å²) in [5.74, 6) is -0.484. The average molecular weight is 383 g/mol. The van der Waals surface area contributed by atoms with Crippen LogP contribution < -0.4 is 5.32 Å². The lowest BCUT2D eigenvalue weighted by Crippen LogP contribution is -2.02. The summed E-state index contributed by atoms with van der Waals surface area (Å²) in [5.41, 5.74) is 3.74. The van der Waals surface area contributed by atoms with Gasteiger partial charge in [0.15, 0.2) is 5.82 Å². The van der Waals surface area contributed by atoms with Crippen molar-refractivity contribution in [2.45, 2.75) is 0 Å². The number of aromatic carboxylic acids is 1. The van der Waals surface area contributed by atoms with Crippen LogP contribution in [-0.2, 0) is 0 Å². The van der Waals surface area contributed by atoms with Crippen molar-refractivity contribution in [2.24, 2.45) is 0 Å². The number of para-hydroxylation sites is 1. The van der Waals surface area contributed by atoms with Crippen molar-refractivity contribution in [1.29, 1.82) is 0 Å². The molecule has 0 saturated heterocycles. The van der Waals surface area contributed by atoms with Crippen LogP contribution in [0, 0.1) is 0 Å². The number of hydrogen-bond donors (Lipinski definition) is 2. The van der Waals surface area contributed by atoms with Crippen LogP contribution in [0.3, 0.4) is 0 Å². The molecule has 0 radical (unpaired) electrons. The van der Waals surface area contributed by atoms with Crippen LogP contribution in [0.1, 0.15) is 16.2 Å². The molecule has 7 nitrogen and oxygen atoms in total. The Kier molecular flexibility index (Phi) is 5.11. The van der Waals surface area contributed by atoms with E-state index >= 15 is 0 Å². The molecule has 0 atom stereocenters. The fourth-order valence-corrected chi connectivity index (χ4v) is 2.91. The van der Waals surface area contributed by atoms with Gasteiger partial charge in [0.1, 0.15) is 0 Å². The second kappa shape index (κ2) is 8.18. The van der Waals surface area contributed by atoms with Gasteiger partial charge in [-0.1, -0.05) is 54.6 Å². The zero-order valence-corrected chi connectivity index (χ0v) is 15.3. The second-order valence-corrected chi connectivity index (χ2v) is 6.19. The Morgan fingerprint density at radius 1 is 0.897 bits per heavy atom. The van der Waals surface area contributed by atoms with E-state index in [9.17, 15) is 9.90 Å². The van der Waals surface area contributed by atoms with Gasteiger partial charge < -0.3 is 10.4 Å². The topological polar surface area (TPSA) is 92.9 Å². The molecule has 29 heavy (non-hydrogen) atoms. The highest BCUT2D eigenvalue weighted by atomic mass is 16.4. The van der Waals surface area contributed by atoms with E-state index < -0.39 is 5.97 Å². The van der Waals surface area contributed by atoms with Crippen LogP contribution in [0.5, 0.6) is 0 Å². The Morgan fingerprint density at radius 2 is 1.59 bits per heavy atom. The maximum absolute atomic E-state index is 11.3. The molecule has 0 unspecified atom stereocenters. The minimum absolute atomic E-state index is 0.188. The third-order valence-electron chi connectivity index (χ3n) is 4.34. The number of carboxylic acids is 1. The molecule has 0 bridgehead atoms. The third-order valence-corrected chi connectivity index (χ3v) is 4.34. The van der Waals surface area contributed by atoms with Gasteiger partial charge in [-0.05, 0) is 45.8 Å². The number of nitrogens with one attached hydrogen (secondary N) is 1. The summed E-state index contributed by atoms with van der Waals surface area (Å²) in [6.45, 7) is 0. The summed E-state index contributed by atoms with van der Waals surface area (Å²) in [6.07, 6.45) is 3.30. The lowest BCUT2D eigenvalue weighted by molar-refractivity contribution is 0.0698. The number of aromatic nitrogens is 4. The number of rotatable bonds is 6. The van der Waals surface area contributed by atoms with Gasteiger partial charge in [-0.3, -0.25) is 0 Å². The molecule has 3 aromatic carbocycles. The molecular weight excluding hydrogens is 366 g/mol. The summed E-state index contributed by atoms with van der Waals surface area (Å²) in [6, 6.07) is 24.7. The van der Waals surface area contributed by atoms with E-state index in [1.165, 1.54) is 6.07 Å². The average Bonchev–Trinajstić information content (AvgIpc) is 3.23. The molecule has 7 heteroatoms. The van der Waals surface area contributed by atoms with Gasteiger partial charge in [0.05, 0.1) is 16.9 Å². The molecule has 2 N–H and O–H groups in total. The molecule has 0 fully saturated rings. The van der Waals surface area contributed by atoms with Crippen molar-refractivity contribution in [3.05, 3.63) is 96.5 Å². The molecule has 0 saturated carbocycles. The minimum atomic E-state index is -0.996. The number of nitrogens with zero attached hydrogens (tertiary/aromatic N) is 4. The number of benzene rings is 3. The van der Waals surface area contributed by atoms with Gasteiger partial charge in [-0.2, -0.15) is 4.68 Å². The first-order valence-corrected chi connectivity index (χ1v) is 8.92. The van der Waals surface area contributed by atoms with Crippen LogP contribution in [0.2, 0.25) is 0 Å². The normalized spacial score (nSPS) is 10.9. The smallest absolute Gasteiger partial charge is 0.337 e. The molecule has 4 rings (SSSR count). The van der Waals surface area contributed by atoms with Crippen LogP contribution >= 0.6 is 0 Å². The molecule has 1 aromatic heterocycles. The highest BCUT2D eigenvalue weighted by Crippen LogP contribution is 2.21. The van der Waals surface area contributed by atoms with Crippen LogP contribution in [-0.4, -0.2) is 31.3 Å². The molecule has 0 aliphatic heterocycles. The van der Waals surface area contributed by atoms with Crippen LogP contribution in [0.25, 0.3) is 22.9 Å². The lowest BCUT2D eigenvalue weighted by atomic mass is 10.1. The summed E-state index contributed by atoms with van der Waals surface area (Å²) in [5, 5.41) is 24.0. The van der Waals surface area contributed by atoms with Gasteiger partial charge in [0, 0.05) is 12.3 Å². The Hall–Kier alpha value is -4.26. The molecule has 0 aliphatic carbocycles. The van der Waals surface area contributed by atoms with E-state index in [1.807, 2.05) is 42.5 Å². The first kappa shape index (κ1) is 18.1. The van der Waals surface area contributed by atoms with Gasteiger partial charge in [-0.25, -0.2) is 4.79 Å². The zero-order chi connectivity index (χ0) is 20.1. The molecule has 0 amide bonds. The van der Waals surface area contributed by atoms with Gasteiger partial charge >= 0.3 is 5.97 Å². The summed E-state index contributed by atoms with van der Waals surface area (Å²) in [4.78, 5) is 11.3. The molecule has 1 heterocycles. The van der Waals surface area contributed by atoms with Gasteiger partial charge in [-0.15, -0.1) is 5.10 Å². The van der Waals surface area contributed by atoms with E-state index in [0.29, 0.717) is 11.5 Å². The summed E-state index contributed by atoms with van der Waals surface area (Å²) >= 11 is 0. The third kappa shape index (κ3) is 4.03.